The molecule has 1 atom stereocenters. The van der Waals surface area contributed by atoms with Crippen molar-refractivity contribution in [2.45, 2.75) is 19.4 Å². The number of piperazine rings is 1. The van der Waals surface area contributed by atoms with Gasteiger partial charge in [0.25, 0.3) is 5.91 Å². The van der Waals surface area contributed by atoms with Crippen LogP contribution in [0.2, 0.25) is 0 Å². The number of hydrogen-bond donors (Lipinski definition) is 1. The van der Waals surface area contributed by atoms with E-state index >= 15 is 0 Å². The molecule has 2 aliphatic heterocycles. The van der Waals surface area contributed by atoms with Crippen molar-refractivity contribution in [3.05, 3.63) is 29.6 Å². The molecule has 1 unspecified atom stereocenters. The van der Waals surface area contributed by atoms with Crippen molar-refractivity contribution in [3.8, 4) is 0 Å². The van der Waals surface area contributed by atoms with Crippen LogP contribution in [0.5, 0.6) is 0 Å². The van der Waals surface area contributed by atoms with Gasteiger partial charge in [0.05, 0.1) is 5.56 Å². The van der Waals surface area contributed by atoms with Crippen molar-refractivity contribution in [3.63, 3.8) is 0 Å². The average molecular weight is 347 g/mol. The molecule has 2 fully saturated rings. The lowest BCUT2D eigenvalue weighted by Crippen LogP contribution is -2.52. The molecule has 22 heavy (non-hydrogen) atoms. The molecule has 3 heterocycles. The molecule has 0 aromatic carbocycles. The van der Waals surface area contributed by atoms with E-state index in [2.05, 4.69) is 15.2 Å². The lowest BCUT2D eigenvalue weighted by atomic mass is 10.1. The number of amides is 1. The van der Waals surface area contributed by atoms with Gasteiger partial charge in [0, 0.05) is 50.7 Å². The number of halogens is 2. The van der Waals surface area contributed by atoms with Gasteiger partial charge in [-0.2, -0.15) is 0 Å². The number of aromatic nitrogens is 1. The molecule has 1 aromatic heterocycles. The second-order valence-corrected chi connectivity index (χ2v) is 5.66. The standard InChI is InChI=1S/C15H22N4O.2ClH/c1-12-2-3-13(10-17-12)15(20)19-8-6-18(7-9-19)14-4-5-16-11-14;;/h2-3,10,14,16H,4-9,11H2,1H3;2*1H. The van der Waals surface area contributed by atoms with E-state index in [1.54, 1.807) is 6.20 Å². The van der Waals surface area contributed by atoms with Gasteiger partial charge < -0.3 is 10.2 Å². The molecular formula is C15H24Cl2N4O. The van der Waals surface area contributed by atoms with E-state index in [1.807, 2.05) is 24.0 Å². The number of nitrogens with one attached hydrogen (secondary N) is 1. The lowest BCUT2D eigenvalue weighted by Gasteiger charge is -2.37. The maximum absolute atomic E-state index is 12.4. The highest BCUT2D eigenvalue weighted by Crippen LogP contribution is 2.14. The predicted molar refractivity (Wildman–Crippen MR) is 92.2 cm³/mol. The molecule has 0 bridgehead atoms. The van der Waals surface area contributed by atoms with E-state index in [0.717, 1.165) is 45.0 Å². The van der Waals surface area contributed by atoms with Gasteiger partial charge in [-0.1, -0.05) is 0 Å². The maximum atomic E-state index is 12.4. The van der Waals surface area contributed by atoms with Crippen LogP contribution < -0.4 is 5.32 Å². The summed E-state index contributed by atoms with van der Waals surface area (Å²) in [5.74, 6) is 0.113. The fourth-order valence-electron chi connectivity index (χ4n) is 3.02. The van der Waals surface area contributed by atoms with E-state index in [9.17, 15) is 4.79 Å². The molecule has 0 spiro atoms. The predicted octanol–water partition coefficient (Wildman–Crippen LogP) is 1.35. The highest BCUT2D eigenvalue weighted by Gasteiger charge is 2.28. The fourth-order valence-corrected chi connectivity index (χ4v) is 3.02. The summed E-state index contributed by atoms with van der Waals surface area (Å²) in [7, 11) is 0. The normalized spacial score (nSPS) is 21.9. The summed E-state index contributed by atoms with van der Waals surface area (Å²) in [6.45, 7) is 7.76. The lowest BCUT2D eigenvalue weighted by molar-refractivity contribution is 0.0583. The average Bonchev–Trinajstić information content (AvgIpc) is 3.02. The second kappa shape index (κ2) is 8.67. The molecule has 0 radical (unpaired) electrons. The zero-order valence-electron chi connectivity index (χ0n) is 12.8. The van der Waals surface area contributed by atoms with Gasteiger partial charge in [-0.15, -0.1) is 24.8 Å². The molecule has 2 aliphatic rings. The van der Waals surface area contributed by atoms with E-state index in [0.29, 0.717) is 11.6 Å². The molecular weight excluding hydrogens is 323 g/mol. The molecule has 1 aromatic rings. The van der Waals surface area contributed by atoms with Crippen LogP contribution >= 0.6 is 24.8 Å². The van der Waals surface area contributed by atoms with Crippen molar-refractivity contribution < 1.29 is 4.79 Å². The van der Waals surface area contributed by atoms with Crippen LogP contribution in [0.15, 0.2) is 18.3 Å². The summed E-state index contributed by atoms with van der Waals surface area (Å²) < 4.78 is 0. The summed E-state index contributed by atoms with van der Waals surface area (Å²) in [5.41, 5.74) is 1.65. The minimum atomic E-state index is 0. The maximum Gasteiger partial charge on any atom is 0.255 e. The SMILES string of the molecule is Cc1ccc(C(=O)N2CCN(C3CCNC3)CC2)cn1.Cl.Cl. The molecule has 124 valence electrons. The van der Waals surface area contributed by atoms with E-state index < -0.39 is 0 Å². The summed E-state index contributed by atoms with van der Waals surface area (Å²) in [5, 5.41) is 3.40. The van der Waals surface area contributed by atoms with Gasteiger partial charge >= 0.3 is 0 Å². The number of pyridine rings is 1. The third kappa shape index (κ3) is 4.32. The minimum absolute atomic E-state index is 0. The van der Waals surface area contributed by atoms with E-state index in [-0.39, 0.29) is 30.7 Å². The molecule has 5 nitrogen and oxygen atoms in total. The number of nitrogens with zero attached hydrogens (tertiary/aromatic N) is 3. The summed E-state index contributed by atoms with van der Waals surface area (Å²) in [6.07, 6.45) is 2.92. The van der Waals surface area contributed by atoms with Crippen molar-refractivity contribution in [1.29, 1.82) is 0 Å². The van der Waals surface area contributed by atoms with Crippen LogP contribution in [-0.4, -0.2) is 66.0 Å². The molecule has 2 saturated heterocycles. The first-order chi connectivity index (χ1) is 9.74. The Kier molecular flexibility index (Phi) is 7.56. The van der Waals surface area contributed by atoms with Crippen LogP contribution in [0.1, 0.15) is 22.5 Å². The van der Waals surface area contributed by atoms with Crippen molar-refractivity contribution in [1.82, 2.24) is 20.1 Å². The zero-order chi connectivity index (χ0) is 13.9. The number of rotatable bonds is 2. The quantitative estimate of drug-likeness (QED) is 0.878. The first kappa shape index (κ1) is 19.2. The first-order valence-corrected chi connectivity index (χ1v) is 7.41. The van der Waals surface area contributed by atoms with Crippen LogP contribution in [0.25, 0.3) is 0 Å². The Morgan fingerprint density at radius 3 is 2.50 bits per heavy atom. The van der Waals surface area contributed by atoms with Crippen molar-refractivity contribution in [2.75, 3.05) is 39.3 Å². The fraction of sp³-hybridized carbons (Fsp3) is 0.600. The van der Waals surface area contributed by atoms with Crippen LogP contribution in [0.3, 0.4) is 0 Å². The highest BCUT2D eigenvalue weighted by molar-refractivity contribution is 5.94. The number of carbonyl (C=O) groups is 1. The summed E-state index contributed by atoms with van der Waals surface area (Å²) in [4.78, 5) is 21.1. The smallest absolute Gasteiger partial charge is 0.255 e. The van der Waals surface area contributed by atoms with E-state index in [1.165, 1.54) is 6.42 Å². The third-order valence-electron chi connectivity index (χ3n) is 4.31. The Balaban J connectivity index is 0.00000121. The Hall–Kier alpha value is -0.880. The van der Waals surface area contributed by atoms with E-state index in [4.69, 9.17) is 0 Å². The monoisotopic (exact) mass is 346 g/mol. The molecule has 1 N–H and O–H groups in total. The van der Waals surface area contributed by atoms with Gasteiger partial charge in [-0.05, 0) is 32.0 Å². The molecule has 0 saturated carbocycles. The van der Waals surface area contributed by atoms with Crippen LogP contribution in [0, 0.1) is 6.92 Å². The number of hydrogen-bond acceptors (Lipinski definition) is 4. The first-order valence-electron chi connectivity index (χ1n) is 7.41. The second-order valence-electron chi connectivity index (χ2n) is 5.66. The Morgan fingerprint density at radius 2 is 1.95 bits per heavy atom. The van der Waals surface area contributed by atoms with Gasteiger partial charge in [-0.25, -0.2) is 0 Å². The summed E-state index contributed by atoms with van der Waals surface area (Å²) >= 11 is 0. The van der Waals surface area contributed by atoms with Gasteiger partial charge in [0.1, 0.15) is 0 Å². The molecule has 0 aliphatic carbocycles. The van der Waals surface area contributed by atoms with Crippen molar-refractivity contribution >= 4 is 30.7 Å². The molecule has 1 amide bonds. The topological polar surface area (TPSA) is 48.5 Å². The number of carbonyl (C=O) groups excluding carboxylic acids is 1. The minimum Gasteiger partial charge on any atom is -0.336 e. The highest BCUT2D eigenvalue weighted by atomic mass is 35.5. The molecule has 3 rings (SSSR count). The van der Waals surface area contributed by atoms with Crippen LogP contribution in [0.4, 0.5) is 0 Å². The number of aryl methyl sites for hydroxylation is 1. The van der Waals surface area contributed by atoms with Gasteiger partial charge in [0.15, 0.2) is 0 Å². The third-order valence-corrected chi connectivity index (χ3v) is 4.31. The van der Waals surface area contributed by atoms with Crippen LogP contribution in [-0.2, 0) is 0 Å². The Labute approximate surface area is 144 Å². The van der Waals surface area contributed by atoms with Gasteiger partial charge in [-0.3, -0.25) is 14.7 Å². The Morgan fingerprint density at radius 1 is 1.23 bits per heavy atom. The Bertz CT molecular complexity index is 469. The zero-order valence-corrected chi connectivity index (χ0v) is 14.5. The van der Waals surface area contributed by atoms with Crippen molar-refractivity contribution in [2.24, 2.45) is 0 Å². The van der Waals surface area contributed by atoms with Gasteiger partial charge in [0.2, 0.25) is 0 Å². The summed E-state index contributed by atoms with van der Waals surface area (Å²) in [6, 6.07) is 4.43. The molecule has 7 heteroatoms. The largest absolute Gasteiger partial charge is 0.336 e.